The predicted molar refractivity (Wildman–Crippen MR) is 102 cm³/mol. The van der Waals surface area contributed by atoms with Crippen LogP contribution in [0.1, 0.15) is 46.7 Å². The van der Waals surface area contributed by atoms with Gasteiger partial charge < -0.3 is 10.1 Å². The standard InChI is InChI=1S/C19H22N4O3S/c1-12-8-13(2)23(22-12)10-18(25)26-11-17(24)21-19-15(9-20)14-6-4-3-5-7-16(14)27-19/h8H,3-7,10-11H2,1-2H3,(H,21,24). The van der Waals surface area contributed by atoms with Crippen LogP contribution >= 0.6 is 11.3 Å². The molecular formula is C19H22N4O3S. The van der Waals surface area contributed by atoms with Gasteiger partial charge in [-0.25, -0.2) is 0 Å². The Morgan fingerprint density at radius 2 is 2.11 bits per heavy atom. The summed E-state index contributed by atoms with van der Waals surface area (Å²) in [6.07, 6.45) is 5.16. The second-order valence-corrected chi connectivity index (χ2v) is 7.78. The Labute approximate surface area is 161 Å². The predicted octanol–water partition coefficient (Wildman–Crippen LogP) is 2.88. The van der Waals surface area contributed by atoms with E-state index in [0.717, 1.165) is 42.6 Å². The van der Waals surface area contributed by atoms with Gasteiger partial charge in [0, 0.05) is 10.6 Å². The molecule has 0 radical (unpaired) electrons. The molecule has 7 nitrogen and oxygen atoms in total. The maximum Gasteiger partial charge on any atom is 0.328 e. The normalized spacial score (nSPS) is 13.4. The van der Waals surface area contributed by atoms with Gasteiger partial charge in [-0.05, 0) is 51.2 Å². The molecule has 0 atom stereocenters. The Kier molecular flexibility index (Phi) is 5.91. The summed E-state index contributed by atoms with van der Waals surface area (Å²) in [5.74, 6) is -0.969. The molecule has 0 bridgehead atoms. The van der Waals surface area contributed by atoms with Gasteiger partial charge in [0.25, 0.3) is 5.91 Å². The van der Waals surface area contributed by atoms with Crippen molar-refractivity contribution in [2.24, 2.45) is 0 Å². The van der Waals surface area contributed by atoms with E-state index in [1.165, 1.54) is 22.6 Å². The lowest BCUT2D eigenvalue weighted by molar-refractivity contribution is -0.148. The summed E-state index contributed by atoms with van der Waals surface area (Å²) in [5, 5.41) is 17.0. The highest BCUT2D eigenvalue weighted by Gasteiger charge is 2.21. The van der Waals surface area contributed by atoms with E-state index in [2.05, 4.69) is 16.5 Å². The minimum absolute atomic E-state index is 0.0380. The summed E-state index contributed by atoms with van der Waals surface area (Å²) in [6.45, 7) is 3.27. The van der Waals surface area contributed by atoms with Crippen LogP contribution in [0.15, 0.2) is 6.07 Å². The molecule has 0 aliphatic heterocycles. The maximum atomic E-state index is 12.2. The Morgan fingerprint density at radius 1 is 1.33 bits per heavy atom. The fraction of sp³-hybridized carbons (Fsp3) is 0.474. The first-order valence-corrected chi connectivity index (χ1v) is 9.80. The molecule has 1 amide bonds. The van der Waals surface area contributed by atoms with E-state index in [0.29, 0.717) is 10.6 Å². The fourth-order valence-corrected chi connectivity index (χ4v) is 4.52. The fourth-order valence-electron chi connectivity index (χ4n) is 3.26. The number of carbonyl (C=O) groups excluding carboxylic acids is 2. The first kappa shape index (κ1) is 19.1. The molecule has 2 aromatic rings. The molecule has 27 heavy (non-hydrogen) atoms. The smallest absolute Gasteiger partial charge is 0.328 e. The number of ether oxygens (including phenoxy) is 1. The van der Waals surface area contributed by atoms with Crippen molar-refractivity contribution in [3.05, 3.63) is 33.5 Å². The third kappa shape index (κ3) is 4.55. The number of rotatable bonds is 5. The molecule has 142 valence electrons. The van der Waals surface area contributed by atoms with E-state index in [-0.39, 0.29) is 13.2 Å². The second kappa shape index (κ2) is 8.35. The van der Waals surface area contributed by atoms with Gasteiger partial charge in [0.15, 0.2) is 6.61 Å². The SMILES string of the molecule is Cc1cc(C)n(CC(=O)OCC(=O)Nc2sc3c(c2C#N)CCCCC3)n1. The molecule has 0 fully saturated rings. The van der Waals surface area contributed by atoms with Crippen molar-refractivity contribution in [1.29, 1.82) is 5.26 Å². The largest absolute Gasteiger partial charge is 0.454 e. The molecule has 2 heterocycles. The first-order valence-electron chi connectivity index (χ1n) is 8.99. The van der Waals surface area contributed by atoms with Gasteiger partial charge in [0.1, 0.15) is 17.6 Å². The van der Waals surface area contributed by atoms with Crippen molar-refractivity contribution in [3.8, 4) is 6.07 Å². The van der Waals surface area contributed by atoms with E-state index in [1.54, 1.807) is 4.68 Å². The van der Waals surface area contributed by atoms with Gasteiger partial charge in [-0.15, -0.1) is 11.3 Å². The average molecular weight is 386 g/mol. The van der Waals surface area contributed by atoms with Crippen molar-refractivity contribution < 1.29 is 14.3 Å². The van der Waals surface area contributed by atoms with Crippen molar-refractivity contribution in [2.75, 3.05) is 11.9 Å². The van der Waals surface area contributed by atoms with Crippen LogP contribution in [0.25, 0.3) is 0 Å². The van der Waals surface area contributed by atoms with Gasteiger partial charge in [-0.1, -0.05) is 6.42 Å². The Hall–Kier alpha value is -2.66. The highest BCUT2D eigenvalue weighted by molar-refractivity contribution is 7.16. The first-order chi connectivity index (χ1) is 13.0. The zero-order valence-corrected chi connectivity index (χ0v) is 16.3. The number of nitriles is 1. The molecule has 2 aromatic heterocycles. The van der Waals surface area contributed by atoms with E-state index in [9.17, 15) is 14.9 Å². The summed E-state index contributed by atoms with van der Waals surface area (Å²) in [7, 11) is 0. The third-order valence-corrected chi connectivity index (χ3v) is 5.74. The molecule has 1 N–H and O–H groups in total. The van der Waals surface area contributed by atoms with E-state index < -0.39 is 11.9 Å². The van der Waals surface area contributed by atoms with E-state index >= 15 is 0 Å². The van der Waals surface area contributed by atoms with Crippen molar-refractivity contribution in [2.45, 2.75) is 52.5 Å². The quantitative estimate of drug-likeness (QED) is 0.629. The zero-order chi connectivity index (χ0) is 19.4. The van der Waals surface area contributed by atoms with Crippen molar-refractivity contribution in [1.82, 2.24) is 9.78 Å². The molecule has 0 saturated heterocycles. The summed E-state index contributed by atoms with van der Waals surface area (Å²) in [4.78, 5) is 25.3. The zero-order valence-electron chi connectivity index (χ0n) is 15.5. The Balaban J connectivity index is 1.57. The average Bonchev–Trinajstić information content (AvgIpc) is 3.00. The number of nitrogens with zero attached hydrogens (tertiary/aromatic N) is 3. The van der Waals surface area contributed by atoms with Crippen molar-refractivity contribution in [3.63, 3.8) is 0 Å². The van der Waals surface area contributed by atoms with Gasteiger partial charge >= 0.3 is 5.97 Å². The molecule has 0 aromatic carbocycles. The van der Waals surface area contributed by atoms with Crippen LogP contribution in [0, 0.1) is 25.2 Å². The number of fused-ring (bicyclic) bond motifs is 1. The van der Waals surface area contributed by atoms with Gasteiger partial charge in [0.05, 0.1) is 11.3 Å². The summed E-state index contributed by atoms with van der Waals surface area (Å²) < 4.78 is 6.59. The Morgan fingerprint density at radius 3 is 2.81 bits per heavy atom. The van der Waals surface area contributed by atoms with Crippen LogP contribution in [0.2, 0.25) is 0 Å². The van der Waals surface area contributed by atoms with Gasteiger partial charge in [0.2, 0.25) is 0 Å². The number of hydrogen-bond donors (Lipinski definition) is 1. The summed E-state index contributed by atoms with van der Waals surface area (Å²) in [5.41, 5.74) is 3.29. The van der Waals surface area contributed by atoms with Crippen LogP contribution in [0.4, 0.5) is 5.00 Å². The number of esters is 1. The number of nitrogens with one attached hydrogen (secondary N) is 1. The number of aryl methyl sites for hydroxylation is 3. The molecule has 1 aliphatic carbocycles. The molecule has 0 spiro atoms. The minimum atomic E-state index is -0.529. The minimum Gasteiger partial charge on any atom is -0.454 e. The highest BCUT2D eigenvalue weighted by Crippen LogP contribution is 2.36. The molecule has 0 unspecified atom stereocenters. The molecule has 0 saturated carbocycles. The number of thiophene rings is 1. The molecule has 8 heteroatoms. The van der Waals surface area contributed by atoms with Crippen LogP contribution in [0.5, 0.6) is 0 Å². The second-order valence-electron chi connectivity index (χ2n) is 6.67. The third-order valence-electron chi connectivity index (χ3n) is 4.53. The summed E-state index contributed by atoms with van der Waals surface area (Å²) in [6, 6.07) is 4.08. The molecule has 3 rings (SSSR count). The monoisotopic (exact) mass is 386 g/mol. The van der Waals surface area contributed by atoms with Crippen LogP contribution < -0.4 is 5.32 Å². The van der Waals surface area contributed by atoms with Gasteiger partial charge in [-0.2, -0.15) is 10.4 Å². The van der Waals surface area contributed by atoms with Gasteiger partial charge in [-0.3, -0.25) is 14.3 Å². The number of anilines is 1. The number of amides is 1. The number of carbonyl (C=O) groups is 2. The summed E-state index contributed by atoms with van der Waals surface area (Å²) >= 11 is 1.46. The van der Waals surface area contributed by atoms with Crippen LogP contribution in [-0.2, 0) is 33.7 Å². The van der Waals surface area contributed by atoms with Crippen LogP contribution in [-0.4, -0.2) is 28.3 Å². The Bertz CT molecular complexity index is 907. The van der Waals surface area contributed by atoms with Crippen LogP contribution in [0.3, 0.4) is 0 Å². The number of aromatic nitrogens is 2. The van der Waals surface area contributed by atoms with Crippen molar-refractivity contribution >= 4 is 28.2 Å². The topological polar surface area (TPSA) is 97.0 Å². The molecular weight excluding hydrogens is 364 g/mol. The maximum absolute atomic E-state index is 12.2. The lowest BCUT2D eigenvalue weighted by atomic mass is 10.1. The van der Waals surface area contributed by atoms with E-state index in [4.69, 9.17) is 4.74 Å². The lowest BCUT2D eigenvalue weighted by Crippen LogP contribution is -2.23. The number of hydrogen-bond acceptors (Lipinski definition) is 6. The highest BCUT2D eigenvalue weighted by atomic mass is 32.1. The molecule has 1 aliphatic rings. The van der Waals surface area contributed by atoms with E-state index in [1.807, 2.05) is 19.9 Å². The lowest BCUT2D eigenvalue weighted by Gasteiger charge is -2.07.